The van der Waals surface area contributed by atoms with E-state index >= 15 is 0 Å². The van der Waals surface area contributed by atoms with Gasteiger partial charge in [-0.15, -0.1) is 33.1 Å². The van der Waals surface area contributed by atoms with Gasteiger partial charge in [0.15, 0.2) is 0 Å². The number of nitrogens with zero attached hydrogens (tertiary/aromatic N) is 3. The molecule has 3 rings (SSSR count). The highest BCUT2D eigenvalue weighted by Gasteiger charge is 2.16. The van der Waals surface area contributed by atoms with E-state index < -0.39 is 0 Å². The van der Waals surface area contributed by atoms with Gasteiger partial charge in [-0.3, -0.25) is 0 Å². The highest BCUT2D eigenvalue weighted by molar-refractivity contribution is 7.18. The SMILES string of the molecule is Cc1nc(-c2ccccc2)sc1-c1nnc(CCl)o1. The van der Waals surface area contributed by atoms with Crippen LogP contribution in [-0.2, 0) is 5.88 Å². The molecule has 0 amide bonds. The molecule has 0 bridgehead atoms. The average Bonchev–Trinajstić information content (AvgIpc) is 3.06. The summed E-state index contributed by atoms with van der Waals surface area (Å²) in [6.07, 6.45) is 0. The van der Waals surface area contributed by atoms with Crippen molar-refractivity contribution in [1.29, 1.82) is 0 Å². The Labute approximate surface area is 119 Å². The Bertz CT molecular complexity index is 693. The summed E-state index contributed by atoms with van der Waals surface area (Å²) in [6.45, 7) is 1.93. The van der Waals surface area contributed by atoms with Gasteiger partial charge in [0, 0.05) is 5.56 Å². The maximum atomic E-state index is 5.66. The first kappa shape index (κ1) is 12.3. The maximum Gasteiger partial charge on any atom is 0.259 e. The van der Waals surface area contributed by atoms with Gasteiger partial charge >= 0.3 is 0 Å². The molecule has 0 N–H and O–H groups in total. The van der Waals surface area contributed by atoms with Crippen molar-refractivity contribution in [1.82, 2.24) is 15.2 Å². The van der Waals surface area contributed by atoms with Crippen LogP contribution < -0.4 is 0 Å². The molecule has 0 aliphatic heterocycles. The number of aromatic nitrogens is 3. The zero-order valence-corrected chi connectivity index (χ0v) is 11.7. The van der Waals surface area contributed by atoms with Crippen molar-refractivity contribution >= 4 is 22.9 Å². The van der Waals surface area contributed by atoms with Gasteiger partial charge in [0.2, 0.25) is 5.89 Å². The number of thiazole rings is 1. The van der Waals surface area contributed by atoms with Crippen LogP contribution in [0.4, 0.5) is 0 Å². The lowest BCUT2D eigenvalue weighted by Gasteiger charge is -1.92. The molecule has 3 aromatic rings. The van der Waals surface area contributed by atoms with Gasteiger partial charge in [-0.05, 0) is 6.92 Å². The number of hydrogen-bond donors (Lipinski definition) is 0. The number of aryl methyl sites for hydroxylation is 1. The Morgan fingerprint density at radius 2 is 2.00 bits per heavy atom. The van der Waals surface area contributed by atoms with E-state index in [9.17, 15) is 0 Å². The summed E-state index contributed by atoms with van der Waals surface area (Å²) in [5, 5.41) is 8.80. The first-order chi connectivity index (χ1) is 9.28. The highest BCUT2D eigenvalue weighted by atomic mass is 35.5. The summed E-state index contributed by atoms with van der Waals surface area (Å²) in [5.74, 6) is 1.12. The summed E-state index contributed by atoms with van der Waals surface area (Å²) in [5.41, 5.74) is 1.97. The smallest absolute Gasteiger partial charge is 0.259 e. The van der Waals surface area contributed by atoms with Crippen LogP contribution in [0.5, 0.6) is 0 Å². The summed E-state index contributed by atoms with van der Waals surface area (Å²) < 4.78 is 5.47. The fraction of sp³-hybridized carbons (Fsp3) is 0.154. The Kier molecular flexibility index (Phi) is 3.31. The Morgan fingerprint density at radius 1 is 1.21 bits per heavy atom. The lowest BCUT2D eigenvalue weighted by Crippen LogP contribution is -1.78. The molecule has 0 unspecified atom stereocenters. The number of alkyl halides is 1. The van der Waals surface area contributed by atoms with E-state index in [1.165, 1.54) is 11.3 Å². The average molecular weight is 292 g/mol. The van der Waals surface area contributed by atoms with Gasteiger partial charge in [-0.1, -0.05) is 30.3 Å². The summed E-state index contributed by atoms with van der Waals surface area (Å²) in [6, 6.07) is 10.0. The van der Waals surface area contributed by atoms with Crippen molar-refractivity contribution in [2.75, 3.05) is 0 Å². The molecule has 0 saturated heterocycles. The van der Waals surface area contributed by atoms with Crippen LogP contribution >= 0.6 is 22.9 Å². The molecule has 0 atom stereocenters. The Hall–Kier alpha value is -1.72. The minimum absolute atomic E-state index is 0.219. The van der Waals surface area contributed by atoms with E-state index in [1.54, 1.807) is 0 Å². The number of halogens is 1. The molecule has 4 nitrogen and oxygen atoms in total. The molecule has 19 heavy (non-hydrogen) atoms. The van der Waals surface area contributed by atoms with Crippen LogP contribution in [0.1, 0.15) is 11.6 Å². The third-order valence-corrected chi connectivity index (χ3v) is 4.02. The topological polar surface area (TPSA) is 51.8 Å². The molecule has 0 saturated carbocycles. The van der Waals surface area contributed by atoms with Crippen molar-refractivity contribution in [3.63, 3.8) is 0 Å². The number of rotatable bonds is 3. The van der Waals surface area contributed by atoms with E-state index in [-0.39, 0.29) is 5.88 Å². The Morgan fingerprint density at radius 3 is 2.68 bits per heavy atom. The van der Waals surface area contributed by atoms with Crippen molar-refractivity contribution in [2.45, 2.75) is 12.8 Å². The van der Waals surface area contributed by atoms with Crippen LogP contribution in [0.25, 0.3) is 21.3 Å². The number of benzene rings is 1. The van der Waals surface area contributed by atoms with Crippen molar-refractivity contribution in [3.8, 4) is 21.3 Å². The van der Waals surface area contributed by atoms with Gasteiger partial charge in [0.25, 0.3) is 5.89 Å². The first-order valence-corrected chi connectivity index (χ1v) is 7.04. The summed E-state index contributed by atoms with van der Waals surface area (Å²) >= 11 is 7.20. The normalized spacial score (nSPS) is 10.8. The van der Waals surface area contributed by atoms with Gasteiger partial charge < -0.3 is 4.42 Å². The third kappa shape index (κ3) is 2.39. The monoisotopic (exact) mass is 291 g/mol. The van der Waals surface area contributed by atoms with Crippen molar-refractivity contribution in [3.05, 3.63) is 41.9 Å². The van der Waals surface area contributed by atoms with Gasteiger partial charge in [-0.25, -0.2) is 4.98 Å². The molecular formula is C13H10ClN3OS. The standard InChI is InChI=1S/C13H10ClN3OS/c1-8-11(12-17-16-10(7-14)18-12)19-13(15-8)9-5-3-2-4-6-9/h2-6H,7H2,1H3. The van der Waals surface area contributed by atoms with Crippen molar-refractivity contribution in [2.24, 2.45) is 0 Å². The lowest BCUT2D eigenvalue weighted by atomic mass is 10.2. The molecule has 0 aliphatic carbocycles. The van der Waals surface area contributed by atoms with Crippen LogP contribution in [0.3, 0.4) is 0 Å². The van der Waals surface area contributed by atoms with Crippen LogP contribution in [0.15, 0.2) is 34.7 Å². The van der Waals surface area contributed by atoms with E-state index in [4.69, 9.17) is 16.0 Å². The molecule has 0 radical (unpaired) electrons. The Balaban J connectivity index is 2.02. The molecule has 0 fully saturated rings. The first-order valence-electron chi connectivity index (χ1n) is 5.69. The molecule has 1 aromatic carbocycles. The highest BCUT2D eigenvalue weighted by Crippen LogP contribution is 2.34. The second kappa shape index (κ2) is 5.11. The second-order valence-corrected chi connectivity index (χ2v) is 5.20. The summed E-state index contributed by atoms with van der Waals surface area (Å²) in [4.78, 5) is 5.44. The lowest BCUT2D eigenvalue weighted by molar-refractivity contribution is 0.528. The molecular weight excluding hydrogens is 282 g/mol. The summed E-state index contributed by atoms with van der Waals surface area (Å²) in [7, 11) is 0. The molecule has 0 spiro atoms. The third-order valence-electron chi connectivity index (χ3n) is 2.59. The molecule has 96 valence electrons. The minimum atomic E-state index is 0.219. The van der Waals surface area contributed by atoms with E-state index in [2.05, 4.69) is 15.2 Å². The van der Waals surface area contributed by atoms with Crippen LogP contribution in [-0.4, -0.2) is 15.2 Å². The van der Waals surface area contributed by atoms with Crippen LogP contribution in [0.2, 0.25) is 0 Å². The fourth-order valence-corrected chi connectivity index (χ4v) is 2.80. The van der Waals surface area contributed by atoms with E-state index in [1.807, 2.05) is 37.3 Å². The largest absolute Gasteiger partial charge is 0.419 e. The molecule has 2 heterocycles. The maximum absolute atomic E-state index is 5.66. The van der Waals surface area contributed by atoms with Crippen molar-refractivity contribution < 1.29 is 4.42 Å². The van der Waals surface area contributed by atoms with E-state index in [0.717, 1.165) is 21.1 Å². The van der Waals surface area contributed by atoms with Gasteiger partial charge in [0.05, 0.1) is 5.69 Å². The zero-order chi connectivity index (χ0) is 13.2. The molecule has 6 heteroatoms. The van der Waals surface area contributed by atoms with Gasteiger partial charge in [-0.2, -0.15) is 0 Å². The number of hydrogen-bond acceptors (Lipinski definition) is 5. The van der Waals surface area contributed by atoms with E-state index in [0.29, 0.717) is 11.8 Å². The fourth-order valence-electron chi connectivity index (χ4n) is 1.70. The van der Waals surface area contributed by atoms with Crippen LogP contribution in [0, 0.1) is 6.92 Å². The second-order valence-electron chi connectivity index (χ2n) is 3.93. The minimum Gasteiger partial charge on any atom is -0.419 e. The predicted octanol–water partition coefficient (Wildman–Crippen LogP) is 3.91. The zero-order valence-electron chi connectivity index (χ0n) is 10.1. The molecule has 0 aliphatic rings. The molecule has 2 aromatic heterocycles. The quantitative estimate of drug-likeness (QED) is 0.687. The predicted molar refractivity (Wildman–Crippen MR) is 75.1 cm³/mol. The van der Waals surface area contributed by atoms with Gasteiger partial charge in [0.1, 0.15) is 15.8 Å².